The van der Waals surface area contributed by atoms with Crippen molar-refractivity contribution in [3.05, 3.63) is 125 Å². The van der Waals surface area contributed by atoms with Gasteiger partial charge in [-0.15, -0.1) is 0 Å². The number of aryl methyl sites for hydroxylation is 1. The third-order valence-corrected chi connectivity index (χ3v) is 12.8. The lowest BCUT2D eigenvalue weighted by molar-refractivity contribution is -0.138. The summed E-state index contributed by atoms with van der Waals surface area (Å²) in [6, 6.07) is 20.1. The maximum absolute atomic E-state index is 13.9. The number of hydrogen-bond acceptors (Lipinski definition) is 14. The molecular formula is C51H64N12O11S. The Hall–Kier alpha value is -8.09. The van der Waals surface area contributed by atoms with Crippen LogP contribution in [0.15, 0.2) is 107 Å². The number of anilines is 1. The van der Waals surface area contributed by atoms with E-state index in [0.29, 0.717) is 37.8 Å². The van der Waals surface area contributed by atoms with Crippen LogP contribution in [-0.4, -0.2) is 120 Å². The summed E-state index contributed by atoms with van der Waals surface area (Å²) in [4.78, 5) is 111. The molecule has 2 heterocycles. The van der Waals surface area contributed by atoms with Gasteiger partial charge in [-0.2, -0.15) is 13.5 Å². The number of aromatic nitrogens is 1. The van der Waals surface area contributed by atoms with Crippen LogP contribution in [-0.2, 0) is 51.9 Å². The summed E-state index contributed by atoms with van der Waals surface area (Å²) in [7, 11) is -4.46. The molecule has 1 aliphatic rings. The van der Waals surface area contributed by atoms with Crippen LogP contribution in [0.25, 0.3) is 0 Å². The monoisotopic (exact) mass is 1050 g/mol. The van der Waals surface area contributed by atoms with E-state index in [2.05, 4.69) is 52.9 Å². The fraction of sp³-hybridized carbons (Fsp3) is 0.373. The van der Waals surface area contributed by atoms with Crippen molar-refractivity contribution in [2.75, 3.05) is 25.1 Å². The van der Waals surface area contributed by atoms with E-state index in [4.69, 9.17) is 5.73 Å². The molecule has 1 aromatic heterocycles. The van der Waals surface area contributed by atoms with E-state index in [0.717, 1.165) is 5.56 Å². The molecular weight excluding hydrogens is 989 g/mol. The van der Waals surface area contributed by atoms with Crippen LogP contribution in [0.5, 0.6) is 0 Å². The number of hydrazine groups is 1. The lowest BCUT2D eigenvalue weighted by atomic mass is 10.0. The van der Waals surface area contributed by atoms with Gasteiger partial charge >= 0.3 is 0 Å². The Morgan fingerprint density at radius 2 is 1.47 bits per heavy atom. The van der Waals surface area contributed by atoms with Crippen molar-refractivity contribution in [1.82, 2.24) is 47.3 Å². The maximum atomic E-state index is 13.9. The number of nitrogens with zero attached hydrogens (tertiary/aromatic N) is 3. The molecule has 0 saturated carbocycles. The standard InChI is InChI=1S/C51H64N12O11S/c1-32(2)27-41(59-49(69)40(23-19-34-11-5-4-6-12-34)57-45(65)31-55-48(68)39(14-9-25-52)58-51(71)42-15-10-26-63(42)33(3)64)50(70)62-61-47(67)36-20-17-35(18-21-36)28-54-46(66)38-22-24-44(53-29-38)60-56-30-37-13-7-8-16-43(37)75(72,73)74/h4-8,11-13,16-18,20-22,24,29-30,32,39-42H,9-10,14-15,19,23,25-28,31,52H2,1-3H3,(H,53,60)(H,54,66)(H,55,68)(H,57,65)(H,58,71)(H,59,69)(H,61,67)(H,62,70)(H,72,73,74)/t39-,40-,41-,42-/m0/s1. The van der Waals surface area contributed by atoms with Crippen LogP contribution < -0.4 is 48.6 Å². The summed E-state index contributed by atoms with van der Waals surface area (Å²) in [5.41, 5.74) is 15.1. The minimum Gasteiger partial charge on any atom is -0.348 e. The average Bonchev–Trinajstić information content (AvgIpc) is 3.90. The second-order valence-electron chi connectivity index (χ2n) is 18.1. The molecule has 24 heteroatoms. The molecule has 0 spiro atoms. The number of carbonyl (C=O) groups excluding carboxylic acids is 8. The number of pyridine rings is 1. The van der Waals surface area contributed by atoms with Gasteiger partial charge in [0.2, 0.25) is 29.5 Å². The van der Waals surface area contributed by atoms with Crippen LogP contribution in [0.3, 0.4) is 0 Å². The maximum Gasteiger partial charge on any atom is 0.295 e. The zero-order valence-corrected chi connectivity index (χ0v) is 42.7. The number of rotatable bonds is 25. The van der Waals surface area contributed by atoms with Gasteiger partial charge in [-0.1, -0.05) is 74.5 Å². The number of benzene rings is 3. The normalized spacial score (nSPS) is 14.5. The fourth-order valence-electron chi connectivity index (χ4n) is 7.93. The van der Waals surface area contributed by atoms with E-state index in [1.807, 2.05) is 44.2 Å². The molecule has 0 radical (unpaired) electrons. The predicted octanol–water partition coefficient (Wildman–Crippen LogP) is 1.46. The Morgan fingerprint density at radius 3 is 2.13 bits per heavy atom. The smallest absolute Gasteiger partial charge is 0.295 e. The van der Waals surface area contributed by atoms with E-state index in [9.17, 15) is 51.3 Å². The highest BCUT2D eigenvalue weighted by molar-refractivity contribution is 7.86. The summed E-state index contributed by atoms with van der Waals surface area (Å²) in [5.74, 6) is -4.47. The Bertz CT molecular complexity index is 2780. The third-order valence-electron chi connectivity index (χ3n) is 11.8. The second-order valence-corrected chi connectivity index (χ2v) is 19.4. The summed E-state index contributed by atoms with van der Waals surface area (Å²) >= 11 is 0. The van der Waals surface area contributed by atoms with Crippen molar-refractivity contribution in [2.24, 2.45) is 16.8 Å². The SMILES string of the molecule is CC(=O)N1CCC[C@H]1C(=O)N[C@@H](CCCN)C(=O)NCC(=O)N[C@@H](CCc1ccccc1)C(=O)N[C@@H](CC(C)C)C(=O)NNC(=O)c1ccc(CNC(=O)c2ccc(NN=Cc3ccccc3S(=O)(=O)O)nc2)cc1. The first-order chi connectivity index (χ1) is 35.8. The highest BCUT2D eigenvalue weighted by Gasteiger charge is 2.35. The van der Waals surface area contributed by atoms with Crippen LogP contribution in [0.4, 0.5) is 5.82 Å². The van der Waals surface area contributed by atoms with Gasteiger partial charge in [0.25, 0.3) is 27.8 Å². The Kier molecular flexibility index (Phi) is 21.9. The Labute approximate surface area is 434 Å². The molecule has 1 aliphatic heterocycles. The molecule has 8 amide bonds. The van der Waals surface area contributed by atoms with Crippen LogP contribution >= 0.6 is 0 Å². The van der Waals surface area contributed by atoms with Crippen LogP contribution in [0.2, 0.25) is 0 Å². The molecule has 4 atom stereocenters. The Morgan fingerprint density at radius 1 is 0.773 bits per heavy atom. The number of carbonyl (C=O) groups is 8. The lowest BCUT2D eigenvalue weighted by Gasteiger charge is -2.26. The molecule has 75 heavy (non-hydrogen) atoms. The van der Waals surface area contributed by atoms with Crippen molar-refractivity contribution in [2.45, 2.75) is 101 Å². The van der Waals surface area contributed by atoms with Gasteiger partial charge in [0.05, 0.1) is 18.3 Å². The molecule has 23 nitrogen and oxygen atoms in total. The number of likely N-dealkylation sites (tertiary alicyclic amines) is 1. The van der Waals surface area contributed by atoms with E-state index < -0.39 is 82.2 Å². The van der Waals surface area contributed by atoms with Gasteiger partial charge in [-0.25, -0.2) is 4.98 Å². The molecule has 0 aliphatic carbocycles. The van der Waals surface area contributed by atoms with Gasteiger partial charge in [-0.3, -0.25) is 59.2 Å². The molecule has 0 bridgehead atoms. The van der Waals surface area contributed by atoms with E-state index >= 15 is 0 Å². The van der Waals surface area contributed by atoms with Crippen molar-refractivity contribution < 1.29 is 51.3 Å². The topological polar surface area (TPSA) is 342 Å². The van der Waals surface area contributed by atoms with Crippen molar-refractivity contribution in [3.8, 4) is 0 Å². The van der Waals surface area contributed by atoms with Gasteiger partial charge in [0, 0.05) is 37.3 Å². The highest BCUT2D eigenvalue weighted by Crippen LogP contribution is 2.18. The molecule has 1 fully saturated rings. The molecule has 1 saturated heterocycles. The average molecular weight is 1050 g/mol. The van der Waals surface area contributed by atoms with Gasteiger partial charge in [-0.05, 0) is 98.9 Å². The molecule has 3 aromatic carbocycles. The molecule has 4 aromatic rings. The number of amides is 8. The summed E-state index contributed by atoms with van der Waals surface area (Å²) < 4.78 is 32.6. The zero-order valence-electron chi connectivity index (χ0n) is 41.8. The first kappa shape index (κ1) is 57.8. The number of hydrogen-bond donors (Lipinski definition) is 10. The first-order valence-electron chi connectivity index (χ1n) is 24.3. The van der Waals surface area contributed by atoms with Crippen molar-refractivity contribution >= 4 is 69.4 Å². The first-order valence-corrected chi connectivity index (χ1v) is 25.7. The highest BCUT2D eigenvalue weighted by atomic mass is 32.2. The van der Waals surface area contributed by atoms with E-state index in [1.165, 1.54) is 66.7 Å². The number of hydrazone groups is 1. The number of nitrogens with two attached hydrogens (primary N) is 1. The van der Waals surface area contributed by atoms with Gasteiger partial charge < -0.3 is 37.2 Å². The lowest BCUT2D eigenvalue weighted by Crippen LogP contribution is -2.57. The second kappa shape index (κ2) is 28.4. The van der Waals surface area contributed by atoms with E-state index in [1.54, 1.807) is 18.2 Å². The minimum atomic E-state index is -4.46. The minimum absolute atomic E-state index is 0.0890. The van der Waals surface area contributed by atoms with Crippen LogP contribution in [0.1, 0.15) is 96.7 Å². The molecule has 400 valence electrons. The summed E-state index contributed by atoms with van der Waals surface area (Å²) in [6.07, 6.45) is 4.81. The van der Waals surface area contributed by atoms with Crippen LogP contribution in [0, 0.1) is 5.92 Å². The molecule has 0 unspecified atom stereocenters. The van der Waals surface area contributed by atoms with Crippen molar-refractivity contribution in [3.63, 3.8) is 0 Å². The summed E-state index contributed by atoms with van der Waals surface area (Å²) in [6.45, 7) is 5.27. The fourth-order valence-corrected chi connectivity index (χ4v) is 8.60. The van der Waals surface area contributed by atoms with Crippen molar-refractivity contribution in [1.29, 1.82) is 0 Å². The van der Waals surface area contributed by atoms with E-state index in [-0.39, 0.29) is 71.6 Å². The largest absolute Gasteiger partial charge is 0.348 e. The van der Waals surface area contributed by atoms with Gasteiger partial charge in [0.1, 0.15) is 34.9 Å². The third kappa shape index (κ3) is 18.4. The predicted molar refractivity (Wildman–Crippen MR) is 277 cm³/mol. The van der Waals surface area contributed by atoms with Gasteiger partial charge in [0.15, 0.2) is 0 Å². The molecule has 11 N–H and O–H groups in total. The zero-order chi connectivity index (χ0) is 54.5. The Balaban J connectivity index is 1.13. The molecule has 5 rings (SSSR count). The number of nitrogens with one attached hydrogen (secondary N) is 8. The quantitative estimate of drug-likeness (QED) is 0.0255. The summed E-state index contributed by atoms with van der Waals surface area (Å²) in [5, 5.41) is 17.3.